The van der Waals surface area contributed by atoms with Gasteiger partial charge in [-0.1, -0.05) is 13.8 Å². The van der Waals surface area contributed by atoms with Gasteiger partial charge in [-0.3, -0.25) is 0 Å². The minimum atomic E-state index is -3.26. The number of rotatable bonds is 5. The third kappa shape index (κ3) is 3.45. The van der Waals surface area contributed by atoms with E-state index in [1.165, 1.54) is 11.3 Å². The molecule has 0 fully saturated rings. The Kier molecular flexibility index (Phi) is 4.10. The SMILES string of the molecule is CC(C)CCCS(=O)(=O)c1nc2ccc(N)cc2s1. The molecule has 0 atom stereocenters. The van der Waals surface area contributed by atoms with E-state index in [9.17, 15) is 8.42 Å². The molecule has 0 unspecified atom stereocenters. The Balaban J connectivity index is 2.23. The molecule has 0 aliphatic carbocycles. The Morgan fingerprint density at radius 1 is 1.37 bits per heavy atom. The Morgan fingerprint density at radius 3 is 2.79 bits per heavy atom. The van der Waals surface area contributed by atoms with Gasteiger partial charge in [0.2, 0.25) is 14.2 Å². The van der Waals surface area contributed by atoms with Gasteiger partial charge < -0.3 is 5.73 Å². The third-order valence-corrected chi connectivity index (χ3v) is 6.13. The van der Waals surface area contributed by atoms with Gasteiger partial charge in [0.1, 0.15) is 0 Å². The molecule has 0 bridgehead atoms. The van der Waals surface area contributed by atoms with Crippen molar-refractivity contribution in [3.63, 3.8) is 0 Å². The molecule has 0 aliphatic rings. The molecule has 1 heterocycles. The molecule has 104 valence electrons. The summed E-state index contributed by atoms with van der Waals surface area (Å²) < 4.78 is 25.4. The van der Waals surface area contributed by atoms with E-state index in [2.05, 4.69) is 18.8 Å². The number of anilines is 1. The molecule has 0 saturated heterocycles. The highest BCUT2D eigenvalue weighted by Gasteiger charge is 2.19. The summed E-state index contributed by atoms with van der Waals surface area (Å²) in [7, 11) is -3.26. The molecule has 0 saturated carbocycles. The second-order valence-corrected chi connectivity index (χ2v) is 8.38. The molecule has 0 radical (unpaired) electrons. The summed E-state index contributed by atoms with van der Waals surface area (Å²) in [6, 6.07) is 5.26. The summed E-state index contributed by atoms with van der Waals surface area (Å²) >= 11 is 1.20. The molecule has 6 heteroatoms. The van der Waals surface area contributed by atoms with E-state index in [-0.39, 0.29) is 10.1 Å². The number of aromatic nitrogens is 1. The summed E-state index contributed by atoms with van der Waals surface area (Å²) in [5, 5.41) is 0. The first kappa shape index (κ1) is 14.3. The highest BCUT2D eigenvalue weighted by molar-refractivity contribution is 7.93. The van der Waals surface area contributed by atoms with Gasteiger partial charge in [0.15, 0.2) is 0 Å². The average Bonchev–Trinajstić information content (AvgIpc) is 2.71. The number of hydrogen-bond acceptors (Lipinski definition) is 5. The fourth-order valence-electron chi connectivity index (χ4n) is 1.82. The largest absolute Gasteiger partial charge is 0.399 e. The van der Waals surface area contributed by atoms with Crippen molar-refractivity contribution in [2.75, 3.05) is 11.5 Å². The molecule has 2 aromatic rings. The molecule has 1 aromatic heterocycles. The smallest absolute Gasteiger partial charge is 0.210 e. The van der Waals surface area contributed by atoms with Gasteiger partial charge in [-0.05, 0) is 37.0 Å². The zero-order chi connectivity index (χ0) is 14.0. The number of thiazole rings is 1. The monoisotopic (exact) mass is 298 g/mol. The van der Waals surface area contributed by atoms with E-state index in [0.717, 1.165) is 11.1 Å². The maximum absolute atomic E-state index is 12.2. The fourth-order valence-corrected chi connectivity index (χ4v) is 4.55. The number of nitrogen functional groups attached to an aromatic ring is 1. The number of sulfone groups is 1. The molecule has 0 spiro atoms. The number of hydrogen-bond donors (Lipinski definition) is 1. The van der Waals surface area contributed by atoms with Crippen LogP contribution in [-0.4, -0.2) is 19.2 Å². The van der Waals surface area contributed by atoms with E-state index in [4.69, 9.17) is 5.73 Å². The topological polar surface area (TPSA) is 73.0 Å². The summed E-state index contributed by atoms with van der Waals surface area (Å²) in [6.07, 6.45) is 1.59. The van der Waals surface area contributed by atoms with Gasteiger partial charge in [0.25, 0.3) is 0 Å². The van der Waals surface area contributed by atoms with Crippen LogP contribution in [0, 0.1) is 5.92 Å². The second-order valence-electron chi connectivity index (χ2n) is 5.06. The molecule has 4 nitrogen and oxygen atoms in total. The van der Waals surface area contributed by atoms with Gasteiger partial charge in [-0.2, -0.15) is 0 Å². The van der Waals surface area contributed by atoms with Gasteiger partial charge in [-0.25, -0.2) is 13.4 Å². The van der Waals surface area contributed by atoms with Crippen LogP contribution < -0.4 is 5.73 Å². The first-order chi connectivity index (χ1) is 8.88. The maximum Gasteiger partial charge on any atom is 0.210 e. The Hall–Kier alpha value is -1.14. The van der Waals surface area contributed by atoms with Crippen molar-refractivity contribution in [3.8, 4) is 0 Å². The van der Waals surface area contributed by atoms with Crippen LogP contribution >= 0.6 is 11.3 Å². The van der Waals surface area contributed by atoms with Crippen molar-refractivity contribution in [3.05, 3.63) is 18.2 Å². The second kappa shape index (κ2) is 5.46. The number of benzene rings is 1. The molecule has 1 aromatic carbocycles. The first-order valence-corrected chi connectivity index (χ1v) is 8.74. The molecule has 0 aliphatic heterocycles. The van der Waals surface area contributed by atoms with E-state index in [1.54, 1.807) is 18.2 Å². The third-order valence-electron chi connectivity index (χ3n) is 2.85. The van der Waals surface area contributed by atoms with Crippen LogP contribution in [0.4, 0.5) is 5.69 Å². The predicted molar refractivity (Wildman–Crippen MR) is 80.2 cm³/mol. The van der Waals surface area contributed by atoms with Crippen molar-refractivity contribution < 1.29 is 8.42 Å². The van der Waals surface area contributed by atoms with Crippen LogP contribution in [0.1, 0.15) is 26.7 Å². The summed E-state index contributed by atoms with van der Waals surface area (Å²) in [4.78, 5) is 4.20. The standard InChI is InChI=1S/C13H18N2O2S2/c1-9(2)4-3-7-19(16,17)13-15-11-6-5-10(14)8-12(11)18-13/h5-6,8-9H,3-4,7,14H2,1-2H3. The minimum absolute atomic E-state index is 0.167. The van der Waals surface area contributed by atoms with Crippen LogP contribution in [0.3, 0.4) is 0 Å². The van der Waals surface area contributed by atoms with Crippen LogP contribution in [0.5, 0.6) is 0 Å². The lowest BCUT2D eigenvalue weighted by Crippen LogP contribution is -2.07. The summed E-state index contributed by atoms with van der Waals surface area (Å²) in [6.45, 7) is 4.18. The quantitative estimate of drug-likeness (QED) is 0.861. The molecule has 0 amide bonds. The van der Waals surface area contributed by atoms with Crippen LogP contribution in [0.25, 0.3) is 10.2 Å². The van der Waals surface area contributed by atoms with Gasteiger partial charge in [0.05, 0.1) is 16.0 Å². The van der Waals surface area contributed by atoms with Gasteiger partial charge >= 0.3 is 0 Å². The van der Waals surface area contributed by atoms with E-state index >= 15 is 0 Å². The molecule has 19 heavy (non-hydrogen) atoms. The van der Waals surface area contributed by atoms with E-state index < -0.39 is 9.84 Å². The zero-order valence-corrected chi connectivity index (χ0v) is 12.7. The number of nitrogens with zero attached hydrogens (tertiary/aromatic N) is 1. The molecule has 2 rings (SSSR count). The van der Waals surface area contributed by atoms with Crippen molar-refractivity contribution in [2.45, 2.75) is 31.0 Å². The van der Waals surface area contributed by atoms with Crippen molar-refractivity contribution in [2.24, 2.45) is 5.92 Å². The maximum atomic E-state index is 12.2. The van der Waals surface area contributed by atoms with E-state index in [0.29, 0.717) is 23.5 Å². The Bertz CT molecular complexity index is 675. The lowest BCUT2D eigenvalue weighted by atomic mass is 10.1. The van der Waals surface area contributed by atoms with Gasteiger partial charge in [0, 0.05) is 5.69 Å². The Labute approximate surface area is 117 Å². The van der Waals surface area contributed by atoms with E-state index in [1.807, 2.05) is 0 Å². The summed E-state index contributed by atoms with van der Waals surface area (Å²) in [5.74, 6) is 0.686. The lowest BCUT2D eigenvalue weighted by Gasteiger charge is -2.03. The first-order valence-electron chi connectivity index (χ1n) is 6.27. The molecular formula is C13H18N2O2S2. The number of nitrogens with two attached hydrogens (primary N) is 1. The van der Waals surface area contributed by atoms with Crippen LogP contribution in [0.2, 0.25) is 0 Å². The predicted octanol–water partition coefficient (Wildman–Crippen LogP) is 3.09. The van der Waals surface area contributed by atoms with Gasteiger partial charge in [-0.15, -0.1) is 11.3 Å². The van der Waals surface area contributed by atoms with Crippen molar-refractivity contribution in [1.29, 1.82) is 0 Å². The minimum Gasteiger partial charge on any atom is -0.399 e. The summed E-state index contributed by atoms with van der Waals surface area (Å²) in [5.41, 5.74) is 7.01. The highest BCUT2D eigenvalue weighted by atomic mass is 32.2. The zero-order valence-electron chi connectivity index (χ0n) is 11.1. The number of fused-ring (bicyclic) bond motifs is 1. The van der Waals surface area contributed by atoms with Crippen molar-refractivity contribution >= 4 is 37.1 Å². The molecular weight excluding hydrogens is 280 g/mol. The highest BCUT2D eigenvalue weighted by Crippen LogP contribution is 2.28. The van der Waals surface area contributed by atoms with Crippen LogP contribution in [0.15, 0.2) is 22.5 Å². The Morgan fingerprint density at radius 2 is 2.11 bits per heavy atom. The van der Waals surface area contributed by atoms with Crippen molar-refractivity contribution in [1.82, 2.24) is 4.98 Å². The fraction of sp³-hybridized carbons (Fsp3) is 0.462. The average molecular weight is 298 g/mol. The normalized spacial score (nSPS) is 12.4. The van der Waals surface area contributed by atoms with Crippen LogP contribution in [-0.2, 0) is 9.84 Å². The molecule has 2 N–H and O–H groups in total. The lowest BCUT2D eigenvalue weighted by molar-refractivity contribution is 0.560.